The minimum Gasteiger partial charge on any atom is -0.427 e. The summed E-state index contributed by atoms with van der Waals surface area (Å²) in [5.41, 5.74) is 1.31. The lowest BCUT2D eigenvalue weighted by atomic mass is 9.76. The molecule has 0 fully saturated rings. The highest BCUT2D eigenvalue weighted by atomic mass is 16.4. The van der Waals surface area contributed by atoms with Gasteiger partial charge in [-0.15, -0.1) is 0 Å². The topological polar surface area (TPSA) is 40.5 Å². The summed E-state index contributed by atoms with van der Waals surface area (Å²) < 4.78 is 0. The van der Waals surface area contributed by atoms with Gasteiger partial charge in [-0.1, -0.05) is 50.6 Å². The highest BCUT2D eigenvalue weighted by molar-refractivity contribution is 6.40. The van der Waals surface area contributed by atoms with Gasteiger partial charge in [0.05, 0.1) is 0 Å². The Balaban J connectivity index is 2.65. The van der Waals surface area contributed by atoms with Crippen molar-refractivity contribution in [1.29, 1.82) is 0 Å². The van der Waals surface area contributed by atoms with Gasteiger partial charge in [0.1, 0.15) is 0 Å². The molecular formula is C14H23BO2. The summed E-state index contributed by atoms with van der Waals surface area (Å²) in [5, 5.41) is 18.0. The molecular weight excluding hydrogens is 211 g/mol. The Morgan fingerprint density at radius 2 is 1.82 bits per heavy atom. The summed E-state index contributed by atoms with van der Waals surface area (Å²) in [6, 6.07) is 10.4. The van der Waals surface area contributed by atoms with E-state index in [1.807, 2.05) is 18.2 Å². The molecule has 0 radical (unpaired) electrons. The van der Waals surface area contributed by atoms with Crippen molar-refractivity contribution in [3.05, 3.63) is 35.9 Å². The largest absolute Gasteiger partial charge is 0.451 e. The molecule has 94 valence electrons. The molecule has 0 bridgehead atoms. The molecule has 0 aromatic heterocycles. The molecule has 1 aromatic rings. The van der Waals surface area contributed by atoms with Crippen LogP contribution in [0.4, 0.5) is 0 Å². The van der Waals surface area contributed by atoms with Gasteiger partial charge in [0.25, 0.3) is 0 Å². The second kappa shape index (κ2) is 7.52. The molecule has 3 heteroatoms. The average Bonchev–Trinajstić information content (AvgIpc) is 2.35. The molecule has 0 aliphatic heterocycles. The van der Waals surface area contributed by atoms with Crippen LogP contribution in [0.1, 0.15) is 44.6 Å². The van der Waals surface area contributed by atoms with Crippen molar-refractivity contribution in [2.24, 2.45) is 5.92 Å². The van der Waals surface area contributed by atoms with Crippen molar-refractivity contribution in [2.45, 2.75) is 45.3 Å². The van der Waals surface area contributed by atoms with Crippen molar-refractivity contribution in [1.82, 2.24) is 0 Å². The molecule has 0 aliphatic carbocycles. The van der Waals surface area contributed by atoms with Gasteiger partial charge in [-0.2, -0.15) is 0 Å². The van der Waals surface area contributed by atoms with Gasteiger partial charge in [-0.3, -0.25) is 0 Å². The fraction of sp³-hybridized carbons (Fsp3) is 0.571. The standard InChI is InChI=1S/C14H23BO2/c1-3-12(2)11-14(9-10-15(16)17)13-7-5-4-6-8-13/h4-8,12,14,16-17H,3,9-11H2,1-2H3. The summed E-state index contributed by atoms with van der Waals surface area (Å²) in [6.07, 6.45) is 3.58. The Morgan fingerprint density at radius 3 is 2.35 bits per heavy atom. The molecule has 0 saturated carbocycles. The minimum absolute atomic E-state index is 0.438. The highest BCUT2D eigenvalue weighted by Gasteiger charge is 2.17. The van der Waals surface area contributed by atoms with E-state index in [0.29, 0.717) is 18.2 Å². The van der Waals surface area contributed by atoms with Crippen LogP contribution in [-0.4, -0.2) is 17.2 Å². The summed E-state index contributed by atoms with van der Waals surface area (Å²) in [5.74, 6) is 1.11. The molecule has 2 unspecified atom stereocenters. The van der Waals surface area contributed by atoms with E-state index in [2.05, 4.69) is 26.0 Å². The fourth-order valence-electron chi connectivity index (χ4n) is 2.15. The SMILES string of the molecule is CCC(C)CC(CCB(O)O)c1ccccc1. The van der Waals surface area contributed by atoms with Crippen LogP contribution in [0.25, 0.3) is 0 Å². The van der Waals surface area contributed by atoms with E-state index >= 15 is 0 Å². The molecule has 1 aromatic carbocycles. The predicted octanol–water partition coefficient (Wildman–Crippen LogP) is 3.07. The van der Waals surface area contributed by atoms with E-state index in [1.54, 1.807) is 0 Å². The maximum Gasteiger partial charge on any atom is 0.451 e. The van der Waals surface area contributed by atoms with Gasteiger partial charge in [0, 0.05) is 0 Å². The van der Waals surface area contributed by atoms with Gasteiger partial charge >= 0.3 is 7.12 Å². The summed E-state index contributed by atoms with van der Waals surface area (Å²) in [7, 11) is -1.18. The second-order valence-corrected chi connectivity index (χ2v) is 4.91. The van der Waals surface area contributed by atoms with E-state index in [4.69, 9.17) is 10.0 Å². The van der Waals surface area contributed by atoms with Crippen LogP contribution >= 0.6 is 0 Å². The monoisotopic (exact) mass is 234 g/mol. The zero-order valence-electron chi connectivity index (χ0n) is 10.8. The van der Waals surface area contributed by atoms with Gasteiger partial charge < -0.3 is 10.0 Å². The first-order valence-electron chi connectivity index (χ1n) is 6.54. The molecule has 2 nitrogen and oxygen atoms in total. The second-order valence-electron chi connectivity index (χ2n) is 4.91. The Labute approximate surface area is 105 Å². The number of hydrogen-bond donors (Lipinski definition) is 2. The average molecular weight is 234 g/mol. The quantitative estimate of drug-likeness (QED) is 0.712. The Hall–Kier alpha value is -0.795. The van der Waals surface area contributed by atoms with Crippen LogP contribution in [0, 0.1) is 5.92 Å². The van der Waals surface area contributed by atoms with Gasteiger partial charge in [0.15, 0.2) is 0 Å². The maximum atomic E-state index is 9.00. The molecule has 0 spiro atoms. The molecule has 1 rings (SSSR count). The molecule has 0 amide bonds. The van der Waals surface area contributed by atoms with Crippen LogP contribution in [0.15, 0.2) is 30.3 Å². The zero-order valence-corrected chi connectivity index (χ0v) is 10.8. The van der Waals surface area contributed by atoms with E-state index < -0.39 is 7.12 Å². The van der Waals surface area contributed by atoms with E-state index in [0.717, 1.165) is 12.8 Å². The third-order valence-corrected chi connectivity index (χ3v) is 3.43. The number of benzene rings is 1. The van der Waals surface area contributed by atoms with E-state index in [-0.39, 0.29) is 0 Å². The number of hydrogen-bond acceptors (Lipinski definition) is 2. The van der Waals surface area contributed by atoms with Gasteiger partial charge in [0.2, 0.25) is 0 Å². The lowest BCUT2D eigenvalue weighted by molar-refractivity contribution is 0.389. The lowest BCUT2D eigenvalue weighted by Crippen LogP contribution is -2.13. The summed E-state index contributed by atoms with van der Waals surface area (Å²) >= 11 is 0. The fourth-order valence-corrected chi connectivity index (χ4v) is 2.15. The van der Waals surface area contributed by atoms with Crippen molar-refractivity contribution >= 4 is 7.12 Å². The van der Waals surface area contributed by atoms with Crippen LogP contribution < -0.4 is 0 Å². The molecule has 0 aliphatic rings. The zero-order chi connectivity index (χ0) is 12.7. The molecule has 0 saturated heterocycles. The summed E-state index contributed by atoms with van der Waals surface area (Å²) in [4.78, 5) is 0. The van der Waals surface area contributed by atoms with Crippen LogP contribution in [-0.2, 0) is 0 Å². The molecule has 2 N–H and O–H groups in total. The van der Waals surface area contributed by atoms with Crippen LogP contribution in [0.5, 0.6) is 0 Å². The minimum atomic E-state index is -1.18. The first-order valence-corrected chi connectivity index (χ1v) is 6.54. The Bertz CT molecular complexity index is 300. The number of rotatable bonds is 7. The first-order chi connectivity index (χ1) is 8.13. The third-order valence-electron chi connectivity index (χ3n) is 3.43. The van der Waals surface area contributed by atoms with Crippen LogP contribution in [0.3, 0.4) is 0 Å². The van der Waals surface area contributed by atoms with E-state index in [1.165, 1.54) is 12.0 Å². The maximum absolute atomic E-state index is 9.00. The van der Waals surface area contributed by atoms with Crippen molar-refractivity contribution in [3.63, 3.8) is 0 Å². The van der Waals surface area contributed by atoms with Gasteiger partial charge in [-0.05, 0) is 36.6 Å². The van der Waals surface area contributed by atoms with E-state index in [9.17, 15) is 0 Å². The smallest absolute Gasteiger partial charge is 0.427 e. The lowest BCUT2D eigenvalue weighted by Gasteiger charge is -2.20. The molecule has 0 heterocycles. The van der Waals surface area contributed by atoms with Crippen molar-refractivity contribution < 1.29 is 10.0 Å². The predicted molar refractivity (Wildman–Crippen MR) is 72.9 cm³/mol. The Kier molecular flexibility index (Phi) is 6.31. The highest BCUT2D eigenvalue weighted by Crippen LogP contribution is 2.29. The summed E-state index contributed by atoms with van der Waals surface area (Å²) in [6.45, 7) is 4.46. The Morgan fingerprint density at radius 1 is 1.18 bits per heavy atom. The molecule has 2 atom stereocenters. The normalized spacial score (nSPS) is 14.4. The van der Waals surface area contributed by atoms with Crippen LogP contribution in [0.2, 0.25) is 6.32 Å². The first kappa shape index (κ1) is 14.3. The molecule has 17 heavy (non-hydrogen) atoms. The van der Waals surface area contributed by atoms with Crippen molar-refractivity contribution in [2.75, 3.05) is 0 Å². The van der Waals surface area contributed by atoms with Crippen molar-refractivity contribution in [3.8, 4) is 0 Å². The third kappa shape index (κ3) is 5.38. The van der Waals surface area contributed by atoms with Gasteiger partial charge in [-0.25, -0.2) is 0 Å².